The molecule has 8 aromatic rings. The van der Waals surface area contributed by atoms with E-state index in [1.165, 1.54) is 0 Å². The van der Waals surface area contributed by atoms with Gasteiger partial charge in [-0.05, 0) is 158 Å². The molecule has 9 rings (SSSR count). The summed E-state index contributed by atoms with van der Waals surface area (Å²) in [6, 6.07) is 46.3. The molecule has 3 amide bonds. The summed E-state index contributed by atoms with van der Waals surface area (Å²) in [7, 11) is 5.22. The fraction of sp³-hybridized carbons (Fsp3) is 0.440. The summed E-state index contributed by atoms with van der Waals surface area (Å²) in [6.07, 6.45) is 2.17. The van der Waals surface area contributed by atoms with Crippen LogP contribution in [0.25, 0.3) is 0 Å². The number of carbonyl (C=O) groups excluding carboxylic acids is 3. The van der Waals surface area contributed by atoms with E-state index in [1.807, 2.05) is 74.5 Å². The quantitative estimate of drug-likeness (QED) is 0.0857. The van der Waals surface area contributed by atoms with E-state index < -0.39 is 5.91 Å². The van der Waals surface area contributed by atoms with Gasteiger partial charge in [-0.1, -0.05) is 258 Å². The number of fused-ring (bicyclic) bond motifs is 12. The third-order valence-corrected chi connectivity index (χ3v) is 20.0. The topological polar surface area (TPSA) is 157 Å². The Labute approximate surface area is 615 Å². The van der Waals surface area contributed by atoms with Crippen molar-refractivity contribution >= 4 is 17.7 Å². The fourth-order valence-electron chi connectivity index (χ4n) is 13.9. The largest absolute Gasteiger partial charge is 0.496 e. The zero-order valence-corrected chi connectivity index (χ0v) is 66.0. The number of amides is 3. The minimum Gasteiger partial charge on any atom is -0.496 e. The van der Waals surface area contributed by atoms with Gasteiger partial charge in [-0.25, -0.2) is 0 Å². The van der Waals surface area contributed by atoms with Crippen molar-refractivity contribution in [1.29, 1.82) is 0 Å². The SMILES string of the molecule is COc1c2cc(C(C)(C)C)cc1Cc1cc(C(C)(C)C)cc(c1OCC(=O)N[C@@H](C)c1ccccc1)Cc1cc(C(C)(C)C)cc(c1OC)Cc1cc(C(C)(C)C)cc(c1OCC(=O)N[C@@H](C)c1ccccc1)Cc1cc(C(C)(C)C)cc(c1OC)Cc1cc(C(C)(C)C)cc(c1OCC(N)=O)C2. The zero-order valence-electron chi connectivity index (χ0n) is 66.0. The van der Waals surface area contributed by atoms with Crippen LogP contribution in [-0.2, 0) is 85.4 Å². The van der Waals surface area contributed by atoms with Crippen molar-refractivity contribution in [3.8, 4) is 34.5 Å². The second-order valence-corrected chi connectivity index (χ2v) is 34.6. The van der Waals surface area contributed by atoms with Crippen LogP contribution in [0.1, 0.15) is 262 Å². The van der Waals surface area contributed by atoms with Crippen molar-refractivity contribution in [2.24, 2.45) is 5.73 Å². The van der Waals surface area contributed by atoms with E-state index in [9.17, 15) is 14.4 Å². The molecule has 2 atom stereocenters. The Morgan fingerprint density at radius 3 is 0.680 bits per heavy atom. The van der Waals surface area contributed by atoms with Gasteiger partial charge in [0, 0.05) is 38.5 Å². The average molecular weight is 1390 g/mol. The second-order valence-electron chi connectivity index (χ2n) is 34.6. The van der Waals surface area contributed by atoms with Crippen LogP contribution in [0.4, 0.5) is 0 Å². The van der Waals surface area contributed by atoms with Crippen LogP contribution in [0.5, 0.6) is 34.5 Å². The molecule has 4 N–H and O–H groups in total. The Morgan fingerprint density at radius 2 is 0.505 bits per heavy atom. The standard InChI is InChI=1S/C91H115N3O9/c1-55(57-30-26-24-27-31-57)93-78(96)53-102-84-67-36-61-42-71(86(3,4)5)40-59(80(61)98-21)34-65-46-74(89(12,13)14)47-66(83(65)101-52-77(92)95)35-60-41-72(87(6,7)8)43-62(81(60)99-22)37-68-49-76(91(18,19)20)51-70(85(68)103-54-79(97)94-56(2)58-32-28-25-29-33-58)39-64-45-73(88(9,10)11)44-63(82(64)100-23)38-69(84)50-75(48-67)90(15,16)17/h24-33,40-51,55-56H,34-39,52-54H2,1-23H3,(H2,92,95)(H,93,96)(H,94,97)/t55-,56-/m0/s1. The summed E-state index contributed by atoms with van der Waals surface area (Å²) in [5.74, 6) is 2.72. The first-order chi connectivity index (χ1) is 48.1. The number of methoxy groups -OCH3 is 3. The summed E-state index contributed by atoms with van der Waals surface area (Å²) in [5, 5.41) is 6.46. The highest BCUT2D eigenvalue weighted by molar-refractivity contribution is 5.79. The first kappa shape index (κ1) is 78.1. The predicted octanol–water partition coefficient (Wildman–Crippen LogP) is 18.7. The second kappa shape index (κ2) is 31.1. The van der Waals surface area contributed by atoms with E-state index in [4.69, 9.17) is 34.2 Å². The Balaban J connectivity index is 1.41. The van der Waals surface area contributed by atoms with E-state index in [-0.39, 0.29) is 76.2 Å². The Kier molecular flexibility index (Phi) is 23.6. The molecule has 103 heavy (non-hydrogen) atoms. The van der Waals surface area contributed by atoms with Gasteiger partial charge >= 0.3 is 0 Å². The Bertz CT molecular complexity index is 4140. The number of nitrogens with one attached hydrogen (secondary N) is 2. The van der Waals surface area contributed by atoms with Gasteiger partial charge < -0.3 is 44.8 Å². The van der Waals surface area contributed by atoms with Crippen molar-refractivity contribution < 1.29 is 42.8 Å². The molecule has 12 heteroatoms. The number of nitrogens with two attached hydrogens (primary N) is 1. The highest BCUT2D eigenvalue weighted by Crippen LogP contribution is 2.46. The molecule has 1 aliphatic rings. The molecule has 0 spiro atoms. The lowest BCUT2D eigenvalue weighted by Crippen LogP contribution is -2.31. The number of carbonyl (C=O) groups is 3. The summed E-state index contributed by atoms with van der Waals surface area (Å²) in [6.45, 7) is 43.2. The summed E-state index contributed by atoms with van der Waals surface area (Å²) < 4.78 is 41.4. The van der Waals surface area contributed by atoms with E-state index >= 15 is 0 Å². The van der Waals surface area contributed by atoms with Crippen molar-refractivity contribution in [2.75, 3.05) is 41.2 Å². The first-order valence-electron chi connectivity index (χ1n) is 36.6. The van der Waals surface area contributed by atoms with E-state index in [0.29, 0.717) is 73.0 Å². The lowest BCUT2D eigenvalue weighted by Gasteiger charge is -2.29. The van der Waals surface area contributed by atoms with Crippen LogP contribution in [0.2, 0.25) is 0 Å². The molecule has 1 aliphatic carbocycles. The third kappa shape index (κ3) is 19.2. The predicted molar refractivity (Wildman–Crippen MR) is 419 cm³/mol. The smallest absolute Gasteiger partial charge is 0.258 e. The fourth-order valence-corrected chi connectivity index (χ4v) is 13.9. The molecule has 12 nitrogen and oxygen atoms in total. The van der Waals surface area contributed by atoms with E-state index in [2.05, 4.69) is 208 Å². The van der Waals surface area contributed by atoms with Crippen molar-refractivity contribution in [1.82, 2.24) is 10.6 Å². The molecular formula is C91H115N3O9. The Morgan fingerprint density at radius 1 is 0.320 bits per heavy atom. The number of primary amides is 1. The average Bonchev–Trinajstić information content (AvgIpc) is 0.771. The van der Waals surface area contributed by atoms with Crippen LogP contribution in [-0.4, -0.2) is 58.9 Å². The molecule has 0 aromatic heterocycles. The van der Waals surface area contributed by atoms with Gasteiger partial charge in [0.15, 0.2) is 19.8 Å². The molecule has 8 aromatic carbocycles. The molecule has 0 heterocycles. The van der Waals surface area contributed by atoms with Gasteiger partial charge in [0.2, 0.25) is 0 Å². The molecule has 0 radical (unpaired) electrons. The van der Waals surface area contributed by atoms with Crippen LogP contribution in [0, 0.1) is 0 Å². The molecule has 0 unspecified atom stereocenters. The number of hydrogen-bond acceptors (Lipinski definition) is 9. The van der Waals surface area contributed by atoms with E-state index in [1.54, 1.807) is 21.3 Å². The van der Waals surface area contributed by atoms with Crippen molar-refractivity contribution in [3.63, 3.8) is 0 Å². The van der Waals surface area contributed by atoms with Gasteiger partial charge in [-0.15, -0.1) is 0 Å². The maximum atomic E-state index is 14.5. The van der Waals surface area contributed by atoms with Crippen LogP contribution in [0.15, 0.2) is 133 Å². The van der Waals surface area contributed by atoms with Crippen LogP contribution in [0.3, 0.4) is 0 Å². The van der Waals surface area contributed by atoms with Crippen LogP contribution >= 0.6 is 0 Å². The highest BCUT2D eigenvalue weighted by Gasteiger charge is 2.32. The summed E-state index contributed by atoms with van der Waals surface area (Å²) >= 11 is 0. The van der Waals surface area contributed by atoms with Gasteiger partial charge in [0.1, 0.15) is 34.5 Å². The maximum absolute atomic E-state index is 14.5. The van der Waals surface area contributed by atoms with Gasteiger partial charge in [0.25, 0.3) is 17.7 Å². The number of rotatable bonds is 16. The van der Waals surface area contributed by atoms with Gasteiger partial charge in [0.05, 0.1) is 33.4 Å². The lowest BCUT2D eigenvalue weighted by atomic mass is 9.79. The number of ether oxygens (including phenoxy) is 6. The molecule has 12 bridgehead atoms. The Hall–Kier alpha value is -9.03. The third-order valence-electron chi connectivity index (χ3n) is 20.0. The van der Waals surface area contributed by atoms with E-state index in [0.717, 1.165) is 111 Å². The molecule has 0 aliphatic heterocycles. The van der Waals surface area contributed by atoms with Crippen LogP contribution < -0.4 is 44.8 Å². The maximum Gasteiger partial charge on any atom is 0.258 e. The summed E-state index contributed by atoms with van der Waals surface area (Å²) in [4.78, 5) is 42.1. The number of benzene rings is 8. The first-order valence-corrected chi connectivity index (χ1v) is 36.6. The molecule has 0 saturated heterocycles. The van der Waals surface area contributed by atoms with Crippen molar-refractivity contribution in [3.05, 3.63) is 245 Å². The minimum absolute atomic E-state index is 0.257. The zero-order chi connectivity index (χ0) is 75.5. The summed E-state index contributed by atoms with van der Waals surface area (Å²) in [5.41, 5.74) is 23.3. The van der Waals surface area contributed by atoms with Crippen molar-refractivity contribution in [2.45, 2.75) is 222 Å². The normalized spacial score (nSPS) is 13.7. The monoisotopic (exact) mass is 1390 g/mol. The molecule has 0 fully saturated rings. The minimum atomic E-state index is -0.600. The lowest BCUT2D eigenvalue weighted by molar-refractivity contribution is -0.124. The number of hydrogen-bond donors (Lipinski definition) is 3. The molecule has 548 valence electrons. The molecule has 0 saturated carbocycles. The molecular weight excluding hydrogens is 1280 g/mol. The highest BCUT2D eigenvalue weighted by atomic mass is 16.5. The van der Waals surface area contributed by atoms with Gasteiger partial charge in [-0.3, -0.25) is 14.4 Å². The van der Waals surface area contributed by atoms with Gasteiger partial charge in [-0.2, -0.15) is 0 Å².